The van der Waals surface area contributed by atoms with Gasteiger partial charge < -0.3 is 4.43 Å². The van der Waals surface area contributed by atoms with E-state index >= 15 is 0 Å². The molecule has 0 spiro atoms. The predicted molar refractivity (Wildman–Crippen MR) is 60.1 cm³/mol. The summed E-state index contributed by atoms with van der Waals surface area (Å²) in [5.41, 5.74) is 0.176. The zero-order valence-electron chi connectivity index (χ0n) is 9.18. The quantitative estimate of drug-likeness (QED) is 0.494. The predicted octanol–water partition coefficient (Wildman–Crippen LogP) is 3.71. The lowest BCUT2D eigenvalue weighted by atomic mass is 9.91. The first-order chi connectivity index (χ1) is 5.85. The van der Waals surface area contributed by atoms with E-state index in [-0.39, 0.29) is 5.41 Å². The molecular weight excluding hydrogens is 176 g/mol. The monoisotopic (exact) mass is 196 g/mol. The first-order valence-electron chi connectivity index (χ1n) is 4.89. The Bertz CT molecular complexity index is 237. The summed E-state index contributed by atoms with van der Waals surface area (Å²) >= 11 is 0. The third kappa shape index (κ3) is 3.03. The van der Waals surface area contributed by atoms with Crippen LogP contribution in [-0.4, -0.2) is 8.32 Å². The summed E-state index contributed by atoms with van der Waals surface area (Å²) in [5, 5.41) is 0. The van der Waals surface area contributed by atoms with Gasteiger partial charge in [0.1, 0.15) is 0 Å². The minimum Gasteiger partial charge on any atom is -0.548 e. The smallest absolute Gasteiger partial charge is 0.241 e. The maximum Gasteiger partial charge on any atom is 0.241 e. The fourth-order valence-corrected chi connectivity index (χ4v) is 2.49. The molecule has 0 aromatic rings. The summed E-state index contributed by atoms with van der Waals surface area (Å²) in [4.78, 5) is 0. The Hall–Kier alpha value is -0.503. The number of rotatable bonds is 3. The van der Waals surface area contributed by atoms with Crippen molar-refractivity contribution in [2.75, 3.05) is 0 Å². The van der Waals surface area contributed by atoms with Gasteiger partial charge >= 0.3 is 0 Å². The van der Waals surface area contributed by atoms with E-state index in [0.29, 0.717) is 0 Å². The standard InChI is InChI=1S/C11H20OSi/c1-6-11(2)8-7-10(9-11)12-13(3,4)5/h6,9H,1,7-8H2,2-5H3/t11-/m0/s1. The van der Waals surface area contributed by atoms with Gasteiger partial charge in [0.2, 0.25) is 8.32 Å². The molecule has 1 nitrogen and oxygen atoms in total. The normalized spacial score (nSPS) is 28.5. The average molecular weight is 196 g/mol. The molecule has 1 atom stereocenters. The molecule has 0 aromatic heterocycles. The summed E-state index contributed by atoms with van der Waals surface area (Å²) in [5.74, 6) is 1.18. The maximum atomic E-state index is 5.95. The van der Waals surface area contributed by atoms with Gasteiger partial charge in [0.15, 0.2) is 0 Å². The second-order valence-electron chi connectivity index (χ2n) is 5.04. The molecule has 1 aliphatic rings. The lowest BCUT2D eigenvalue weighted by molar-refractivity contribution is 0.406. The van der Waals surface area contributed by atoms with Gasteiger partial charge in [-0.2, -0.15) is 0 Å². The molecule has 0 radical (unpaired) electrons. The van der Waals surface area contributed by atoms with Crippen molar-refractivity contribution >= 4 is 8.32 Å². The fraction of sp³-hybridized carbons (Fsp3) is 0.636. The van der Waals surface area contributed by atoms with E-state index in [4.69, 9.17) is 4.43 Å². The third-order valence-corrected chi connectivity index (χ3v) is 3.18. The van der Waals surface area contributed by atoms with Gasteiger partial charge in [0, 0.05) is 11.8 Å². The Morgan fingerprint density at radius 3 is 2.54 bits per heavy atom. The van der Waals surface area contributed by atoms with E-state index < -0.39 is 8.32 Å². The van der Waals surface area contributed by atoms with Crippen LogP contribution in [0, 0.1) is 5.41 Å². The molecule has 0 bridgehead atoms. The lowest BCUT2D eigenvalue weighted by Crippen LogP contribution is -2.24. The largest absolute Gasteiger partial charge is 0.548 e. The molecule has 0 saturated carbocycles. The maximum absolute atomic E-state index is 5.95. The van der Waals surface area contributed by atoms with Gasteiger partial charge in [0.05, 0.1) is 5.76 Å². The second-order valence-corrected chi connectivity index (χ2v) is 9.46. The molecule has 1 aliphatic carbocycles. The van der Waals surface area contributed by atoms with E-state index in [1.807, 2.05) is 6.08 Å². The number of hydrogen-bond donors (Lipinski definition) is 0. The molecule has 0 heterocycles. The number of hydrogen-bond acceptors (Lipinski definition) is 1. The topological polar surface area (TPSA) is 9.23 Å². The molecule has 0 unspecified atom stereocenters. The minimum atomic E-state index is -1.40. The molecule has 2 heteroatoms. The van der Waals surface area contributed by atoms with Gasteiger partial charge in [-0.15, -0.1) is 6.58 Å². The first kappa shape index (κ1) is 10.6. The van der Waals surface area contributed by atoms with Crippen LogP contribution in [0.3, 0.4) is 0 Å². The van der Waals surface area contributed by atoms with Gasteiger partial charge in [-0.3, -0.25) is 0 Å². The van der Waals surface area contributed by atoms with Crippen molar-refractivity contribution in [2.24, 2.45) is 5.41 Å². The molecular formula is C11H20OSi. The van der Waals surface area contributed by atoms with Crippen molar-refractivity contribution in [3.05, 3.63) is 24.5 Å². The second kappa shape index (κ2) is 3.33. The molecule has 0 amide bonds. The minimum absolute atomic E-state index is 0.176. The van der Waals surface area contributed by atoms with Crippen LogP contribution in [0.4, 0.5) is 0 Å². The van der Waals surface area contributed by atoms with Crippen molar-refractivity contribution < 1.29 is 4.43 Å². The lowest BCUT2D eigenvalue weighted by Gasteiger charge is -2.19. The van der Waals surface area contributed by atoms with Crippen molar-refractivity contribution in [3.8, 4) is 0 Å². The SMILES string of the molecule is C=C[C@]1(C)C=C(O[Si](C)(C)C)CC1. The van der Waals surface area contributed by atoms with Crippen molar-refractivity contribution in [1.29, 1.82) is 0 Å². The summed E-state index contributed by atoms with van der Waals surface area (Å²) in [7, 11) is -1.40. The van der Waals surface area contributed by atoms with Crippen LogP contribution in [0.25, 0.3) is 0 Å². The van der Waals surface area contributed by atoms with Crippen molar-refractivity contribution in [2.45, 2.75) is 39.4 Å². The zero-order valence-corrected chi connectivity index (χ0v) is 10.2. The summed E-state index contributed by atoms with van der Waals surface area (Å²) < 4.78 is 5.95. The van der Waals surface area contributed by atoms with E-state index in [2.05, 4.69) is 39.2 Å². The van der Waals surface area contributed by atoms with Gasteiger partial charge in [-0.25, -0.2) is 0 Å². The Kier molecular flexibility index (Phi) is 2.71. The highest BCUT2D eigenvalue weighted by molar-refractivity contribution is 6.70. The van der Waals surface area contributed by atoms with Crippen LogP contribution in [-0.2, 0) is 4.43 Å². The van der Waals surface area contributed by atoms with Gasteiger partial charge in [0.25, 0.3) is 0 Å². The van der Waals surface area contributed by atoms with Crippen LogP contribution in [0.2, 0.25) is 19.6 Å². The molecule has 74 valence electrons. The van der Waals surface area contributed by atoms with Gasteiger partial charge in [-0.05, 0) is 32.1 Å². The summed E-state index contributed by atoms with van der Waals surface area (Å²) in [6.45, 7) is 12.7. The molecule has 0 N–H and O–H groups in total. The molecule has 13 heavy (non-hydrogen) atoms. The Morgan fingerprint density at radius 2 is 2.15 bits per heavy atom. The Morgan fingerprint density at radius 1 is 1.54 bits per heavy atom. The van der Waals surface area contributed by atoms with Crippen LogP contribution in [0.1, 0.15) is 19.8 Å². The van der Waals surface area contributed by atoms with Crippen LogP contribution < -0.4 is 0 Å². The molecule has 0 aromatic carbocycles. The molecule has 1 rings (SSSR count). The highest BCUT2D eigenvalue weighted by Crippen LogP contribution is 2.37. The van der Waals surface area contributed by atoms with Crippen molar-refractivity contribution in [3.63, 3.8) is 0 Å². The summed E-state index contributed by atoms with van der Waals surface area (Å²) in [6.07, 6.45) is 6.48. The fourth-order valence-electron chi connectivity index (χ4n) is 1.54. The third-order valence-electron chi connectivity index (χ3n) is 2.30. The van der Waals surface area contributed by atoms with E-state index in [0.717, 1.165) is 12.8 Å². The molecule has 0 aliphatic heterocycles. The average Bonchev–Trinajstić information content (AvgIpc) is 2.30. The van der Waals surface area contributed by atoms with E-state index in [1.54, 1.807) is 0 Å². The van der Waals surface area contributed by atoms with Crippen LogP contribution in [0.15, 0.2) is 24.5 Å². The molecule has 0 saturated heterocycles. The van der Waals surface area contributed by atoms with Crippen molar-refractivity contribution in [1.82, 2.24) is 0 Å². The summed E-state index contributed by atoms with van der Waals surface area (Å²) in [6, 6.07) is 0. The van der Waals surface area contributed by atoms with E-state index in [1.165, 1.54) is 5.76 Å². The van der Waals surface area contributed by atoms with E-state index in [9.17, 15) is 0 Å². The number of allylic oxidation sites excluding steroid dienone is 3. The zero-order chi connectivity index (χ0) is 10.1. The Labute approximate surface area is 82.6 Å². The highest BCUT2D eigenvalue weighted by atomic mass is 28.4. The van der Waals surface area contributed by atoms with Crippen LogP contribution in [0.5, 0.6) is 0 Å². The molecule has 0 fully saturated rings. The Balaban J connectivity index is 2.65. The first-order valence-corrected chi connectivity index (χ1v) is 8.30. The van der Waals surface area contributed by atoms with Gasteiger partial charge in [-0.1, -0.05) is 13.0 Å². The highest BCUT2D eigenvalue weighted by Gasteiger charge is 2.28. The van der Waals surface area contributed by atoms with Crippen LogP contribution >= 0.6 is 0 Å².